The van der Waals surface area contributed by atoms with Crippen molar-refractivity contribution in [2.45, 2.75) is 12.6 Å². The van der Waals surface area contributed by atoms with Crippen molar-refractivity contribution >= 4 is 11.8 Å². The number of aromatic nitrogens is 2. The molecule has 10 nitrogen and oxygen atoms in total. The molecule has 10 heteroatoms. The van der Waals surface area contributed by atoms with E-state index in [0.29, 0.717) is 17.1 Å². The minimum Gasteiger partial charge on any atom is -0.493 e. The molecular formula is C19H17N3O7. The summed E-state index contributed by atoms with van der Waals surface area (Å²) in [4.78, 5) is 39.6. The molecule has 1 aromatic carbocycles. The second kappa shape index (κ2) is 6.89. The molecule has 0 bridgehead atoms. The van der Waals surface area contributed by atoms with Crippen molar-refractivity contribution in [1.29, 1.82) is 0 Å². The van der Waals surface area contributed by atoms with Gasteiger partial charge in [-0.1, -0.05) is 6.07 Å². The molecule has 0 unspecified atom stereocenters. The molecule has 0 spiro atoms. The molecule has 3 heterocycles. The minimum atomic E-state index is -1.11. The van der Waals surface area contributed by atoms with Gasteiger partial charge in [-0.05, 0) is 18.2 Å². The maximum Gasteiger partial charge on any atom is 0.343 e. The fourth-order valence-corrected chi connectivity index (χ4v) is 3.39. The number of anilines is 1. The van der Waals surface area contributed by atoms with Crippen LogP contribution in [-0.4, -0.2) is 29.7 Å². The zero-order valence-corrected chi connectivity index (χ0v) is 15.6. The monoisotopic (exact) mass is 399 g/mol. The summed E-state index contributed by atoms with van der Waals surface area (Å²) >= 11 is 0. The summed E-state index contributed by atoms with van der Waals surface area (Å²) in [5, 5.41) is 0. The number of cyclic esters (lactones) is 1. The number of benzene rings is 1. The third kappa shape index (κ3) is 2.85. The average Bonchev–Trinajstić information content (AvgIpc) is 3.32. The van der Waals surface area contributed by atoms with Crippen molar-refractivity contribution in [2.24, 2.45) is 0 Å². The maximum atomic E-state index is 12.6. The van der Waals surface area contributed by atoms with Gasteiger partial charge in [0.25, 0.3) is 5.56 Å². The Morgan fingerprint density at radius 1 is 1.17 bits per heavy atom. The largest absolute Gasteiger partial charge is 0.493 e. The van der Waals surface area contributed by atoms with Crippen LogP contribution < -0.4 is 26.5 Å². The molecule has 0 saturated carbocycles. The third-order valence-corrected chi connectivity index (χ3v) is 4.72. The average molecular weight is 399 g/mol. The number of aromatic amines is 1. The van der Waals surface area contributed by atoms with Gasteiger partial charge in [0.05, 0.1) is 27.0 Å². The summed E-state index contributed by atoms with van der Waals surface area (Å²) in [6.45, 7) is 0.000897. The summed E-state index contributed by atoms with van der Waals surface area (Å²) in [7, 11) is 2.83. The molecule has 29 heavy (non-hydrogen) atoms. The number of hydrogen-bond donors (Lipinski definition) is 2. The molecule has 1 aliphatic heterocycles. The molecule has 2 aromatic heterocycles. The standard InChI is InChI=1S/C19H17N3O7/c1-26-11-6-5-10-12(15(11)27-2)18(24)29-14(10)13-16(20)22(19(25)21-17(13)23)8-9-4-3-7-28-9/h3-7,14H,8,20H2,1-2H3,(H,21,23,25)/t14-/m0/s1. The van der Waals surface area contributed by atoms with Crippen molar-refractivity contribution in [2.75, 3.05) is 20.0 Å². The zero-order valence-electron chi connectivity index (χ0n) is 15.6. The molecule has 0 radical (unpaired) electrons. The number of nitrogen functional groups attached to an aromatic ring is 1. The van der Waals surface area contributed by atoms with E-state index in [2.05, 4.69) is 4.98 Å². The highest BCUT2D eigenvalue weighted by Gasteiger charge is 2.39. The van der Waals surface area contributed by atoms with E-state index < -0.39 is 23.3 Å². The predicted molar refractivity (Wildman–Crippen MR) is 100 cm³/mol. The zero-order chi connectivity index (χ0) is 20.7. The molecule has 4 rings (SSSR count). The van der Waals surface area contributed by atoms with Gasteiger partial charge < -0.3 is 24.4 Å². The maximum absolute atomic E-state index is 12.6. The first-order chi connectivity index (χ1) is 14.0. The summed E-state index contributed by atoms with van der Waals surface area (Å²) in [5.74, 6) is 0.177. The van der Waals surface area contributed by atoms with Crippen LogP contribution in [0.5, 0.6) is 11.5 Å². The highest BCUT2D eigenvalue weighted by Crippen LogP contribution is 2.44. The second-order valence-electron chi connectivity index (χ2n) is 6.27. The number of nitrogens with one attached hydrogen (secondary N) is 1. The molecule has 0 aliphatic carbocycles. The summed E-state index contributed by atoms with van der Waals surface area (Å²) in [6.07, 6.45) is 0.349. The van der Waals surface area contributed by atoms with E-state index in [4.69, 9.17) is 24.4 Å². The van der Waals surface area contributed by atoms with Gasteiger partial charge in [-0.15, -0.1) is 0 Å². The molecule has 1 aliphatic rings. The molecule has 0 saturated heterocycles. The van der Waals surface area contributed by atoms with E-state index in [1.54, 1.807) is 24.3 Å². The van der Waals surface area contributed by atoms with Crippen molar-refractivity contribution in [3.05, 3.63) is 73.8 Å². The number of nitrogens with two attached hydrogens (primary N) is 1. The number of hydrogen-bond acceptors (Lipinski definition) is 8. The van der Waals surface area contributed by atoms with E-state index in [-0.39, 0.29) is 29.2 Å². The fraction of sp³-hybridized carbons (Fsp3) is 0.211. The number of furan rings is 1. The quantitative estimate of drug-likeness (QED) is 0.607. The van der Waals surface area contributed by atoms with Crippen LogP contribution in [0.3, 0.4) is 0 Å². The smallest absolute Gasteiger partial charge is 0.343 e. The first-order valence-electron chi connectivity index (χ1n) is 8.57. The van der Waals surface area contributed by atoms with Gasteiger partial charge in [0.2, 0.25) is 0 Å². The molecule has 1 atom stereocenters. The Bertz CT molecular complexity index is 1210. The molecular weight excluding hydrogens is 382 g/mol. The van der Waals surface area contributed by atoms with Gasteiger partial charge in [0.1, 0.15) is 22.7 Å². The number of methoxy groups -OCH3 is 2. The Balaban J connectivity index is 1.89. The van der Waals surface area contributed by atoms with Crippen LogP contribution in [-0.2, 0) is 11.3 Å². The van der Waals surface area contributed by atoms with Crippen LogP contribution >= 0.6 is 0 Å². The molecule has 0 amide bonds. The number of carbonyl (C=O) groups excluding carboxylic acids is 1. The van der Waals surface area contributed by atoms with Crippen LogP contribution in [0.25, 0.3) is 0 Å². The normalized spacial score (nSPS) is 15.1. The summed E-state index contributed by atoms with van der Waals surface area (Å²) < 4.78 is 22.3. The number of nitrogens with zero attached hydrogens (tertiary/aromatic N) is 1. The first kappa shape index (κ1) is 18.4. The van der Waals surface area contributed by atoms with Crippen molar-refractivity contribution < 1.29 is 23.4 Å². The lowest BCUT2D eigenvalue weighted by Gasteiger charge is -2.16. The van der Waals surface area contributed by atoms with E-state index >= 15 is 0 Å². The number of H-pyrrole nitrogens is 1. The van der Waals surface area contributed by atoms with Crippen molar-refractivity contribution in [3.63, 3.8) is 0 Å². The van der Waals surface area contributed by atoms with E-state index in [0.717, 1.165) is 4.57 Å². The van der Waals surface area contributed by atoms with Gasteiger partial charge in [0.15, 0.2) is 17.6 Å². The number of fused-ring (bicyclic) bond motifs is 1. The van der Waals surface area contributed by atoms with Gasteiger partial charge in [-0.25, -0.2) is 9.59 Å². The van der Waals surface area contributed by atoms with Crippen LogP contribution in [0.1, 0.15) is 33.3 Å². The predicted octanol–water partition coefficient (Wildman–Crippen LogP) is 1.04. The van der Waals surface area contributed by atoms with Crippen LogP contribution in [0.15, 0.2) is 44.5 Å². The Kier molecular flexibility index (Phi) is 4.38. The Hall–Kier alpha value is -3.95. The van der Waals surface area contributed by atoms with Crippen LogP contribution in [0, 0.1) is 0 Å². The summed E-state index contributed by atoms with van der Waals surface area (Å²) in [5.41, 5.74) is 5.17. The third-order valence-electron chi connectivity index (χ3n) is 4.72. The minimum absolute atomic E-state index is 0.000897. The Morgan fingerprint density at radius 3 is 2.62 bits per heavy atom. The second-order valence-corrected chi connectivity index (χ2v) is 6.27. The van der Waals surface area contributed by atoms with Gasteiger partial charge >= 0.3 is 11.7 Å². The highest BCUT2D eigenvalue weighted by atomic mass is 16.6. The number of carbonyl (C=O) groups is 1. The topological polar surface area (TPSA) is 139 Å². The molecule has 3 N–H and O–H groups in total. The first-order valence-corrected chi connectivity index (χ1v) is 8.57. The molecule has 150 valence electrons. The lowest BCUT2D eigenvalue weighted by atomic mass is 9.99. The van der Waals surface area contributed by atoms with Gasteiger partial charge in [-0.2, -0.15) is 0 Å². The lowest BCUT2D eigenvalue weighted by Crippen LogP contribution is -2.36. The fourth-order valence-electron chi connectivity index (χ4n) is 3.39. The number of ether oxygens (including phenoxy) is 3. The van der Waals surface area contributed by atoms with Gasteiger partial charge in [-0.3, -0.25) is 14.3 Å². The number of rotatable bonds is 5. The van der Waals surface area contributed by atoms with Crippen LogP contribution in [0.4, 0.5) is 5.82 Å². The van der Waals surface area contributed by atoms with Crippen LogP contribution in [0.2, 0.25) is 0 Å². The molecule has 3 aromatic rings. The van der Waals surface area contributed by atoms with Gasteiger partial charge in [0, 0.05) is 5.56 Å². The van der Waals surface area contributed by atoms with E-state index in [1.165, 1.54) is 20.5 Å². The van der Waals surface area contributed by atoms with Crippen molar-refractivity contribution in [1.82, 2.24) is 9.55 Å². The Morgan fingerprint density at radius 2 is 1.97 bits per heavy atom. The lowest BCUT2D eigenvalue weighted by molar-refractivity contribution is 0.0452. The van der Waals surface area contributed by atoms with E-state index in [9.17, 15) is 14.4 Å². The summed E-state index contributed by atoms with van der Waals surface area (Å²) in [6, 6.07) is 6.51. The van der Waals surface area contributed by atoms with Crippen molar-refractivity contribution in [3.8, 4) is 11.5 Å². The molecule has 0 fully saturated rings. The van der Waals surface area contributed by atoms with E-state index in [1.807, 2.05) is 0 Å². The number of esters is 1. The Labute approximate surface area is 163 Å². The SMILES string of the molecule is COc1ccc2c(c1OC)C(=O)O[C@@H]2c1c(N)n(Cc2ccco2)c(=O)[nH]c1=O. The highest BCUT2D eigenvalue weighted by molar-refractivity contribution is 5.98.